The smallest absolute Gasteiger partial charge is 0.287 e. The minimum absolute atomic E-state index is 0.0218. The average Bonchev–Trinajstić information content (AvgIpc) is 2.43. The number of fused-ring (bicyclic) bond motifs is 1. The molecule has 0 atom stereocenters. The van der Waals surface area contributed by atoms with E-state index in [1.54, 1.807) is 12.1 Å². The van der Waals surface area contributed by atoms with Crippen LogP contribution in [0.25, 0.3) is 10.1 Å². The van der Waals surface area contributed by atoms with Crippen molar-refractivity contribution in [2.45, 2.75) is 0 Å². The van der Waals surface area contributed by atoms with Crippen LogP contribution in [-0.2, 0) is 0 Å². The zero-order valence-corrected chi connectivity index (χ0v) is 9.13. The molecule has 1 aromatic heterocycles. The fourth-order valence-corrected chi connectivity index (χ4v) is 2.81. The number of rotatable bonds is 1. The zero-order valence-electron chi connectivity index (χ0n) is 6.73. The fourth-order valence-electron chi connectivity index (χ4n) is 1.21. The predicted molar refractivity (Wildman–Crippen MR) is 57.8 cm³/mol. The highest BCUT2D eigenvalue weighted by Gasteiger charge is 2.17. The summed E-state index contributed by atoms with van der Waals surface area (Å²) in [5.74, 6) is 0.0636. The first-order valence-electron chi connectivity index (χ1n) is 3.65. The first-order chi connectivity index (χ1) is 6.61. The Morgan fingerprint density at radius 2 is 2.21 bits per heavy atom. The zero-order chi connectivity index (χ0) is 10.3. The quantitative estimate of drug-likeness (QED) is 0.641. The summed E-state index contributed by atoms with van der Waals surface area (Å²) in [7, 11) is 0. The third kappa shape index (κ3) is 1.27. The Balaban J connectivity index is 2.88. The van der Waals surface area contributed by atoms with Crippen molar-refractivity contribution in [2.75, 3.05) is 0 Å². The van der Waals surface area contributed by atoms with Gasteiger partial charge in [-0.25, -0.2) is 0 Å². The molecule has 0 aliphatic carbocycles. The molecule has 0 unspecified atom stereocenters. The molecule has 0 radical (unpaired) electrons. The number of non-ortho nitro benzene ring substituents is 1. The van der Waals surface area contributed by atoms with Gasteiger partial charge in [0.15, 0.2) is 0 Å². The van der Waals surface area contributed by atoms with Crippen LogP contribution in [0, 0.1) is 10.1 Å². The molecular formula is C8H4BrNO3S. The largest absolute Gasteiger partial charge is 0.505 e. The lowest BCUT2D eigenvalue weighted by Crippen LogP contribution is -1.86. The van der Waals surface area contributed by atoms with Gasteiger partial charge in [-0.1, -0.05) is 6.07 Å². The van der Waals surface area contributed by atoms with Gasteiger partial charge in [0.2, 0.25) is 0 Å². The highest BCUT2D eigenvalue weighted by Crippen LogP contribution is 2.44. The Hall–Kier alpha value is -1.14. The van der Waals surface area contributed by atoms with E-state index in [0.717, 1.165) is 11.3 Å². The van der Waals surface area contributed by atoms with Crippen LogP contribution in [0.5, 0.6) is 5.75 Å². The molecule has 2 aromatic rings. The number of thiophene rings is 1. The first-order valence-corrected chi connectivity index (χ1v) is 5.26. The van der Waals surface area contributed by atoms with Gasteiger partial charge in [0.25, 0.3) is 5.69 Å². The molecule has 6 heteroatoms. The van der Waals surface area contributed by atoms with Crippen LogP contribution in [0.2, 0.25) is 0 Å². The molecule has 0 aliphatic rings. The van der Waals surface area contributed by atoms with Gasteiger partial charge in [-0.3, -0.25) is 10.1 Å². The Labute approximate surface area is 91.1 Å². The van der Waals surface area contributed by atoms with Crippen molar-refractivity contribution in [3.8, 4) is 5.75 Å². The van der Waals surface area contributed by atoms with Crippen molar-refractivity contribution in [1.82, 2.24) is 0 Å². The van der Waals surface area contributed by atoms with Crippen molar-refractivity contribution < 1.29 is 10.0 Å². The summed E-state index contributed by atoms with van der Waals surface area (Å²) < 4.78 is 1.00. The van der Waals surface area contributed by atoms with Gasteiger partial charge < -0.3 is 5.11 Å². The standard InChI is InChI=1S/C8H4BrNO3S/c9-8-6(11)4-2-1-3-5(10(12)13)7(4)14-8/h1-3,11H. The average molecular weight is 274 g/mol. The van der Waals surface area contributed by atoms with Crippen molar-refractivity contribution in [3.05, 3.63) is 32.1 Å². The lowest BCUT2D eigenvalue weighted by molar-refractivity contribution is -0.382. The molecule has 0 spiro atoms. The predicted octanol–water partition coefficient (Wildman–Crippen LogP) is 3.28. The van der Waals surface area contributed by atoms with Crippen molar-refractivity contribution >= 4 is 43.0 Å². The molecule has 0 saturated heterocycles. The minimum Gasteiger partial charge on any atom is -0.505 e. The summed E-state index contributed by atoms with van der Waals surface area (Å²) >= 11 is 4.30. The number of halogens is 1. The molecule has 0 saturated carbocycles. The second-order valence-corrected chi connectivity index (χ2v) is 4.97. The monoisotopic (exact) mass is 273 g/mol. The van der Waals surface area contributed by atoms with E-state index in [1.165, 1.54) is 6.07 Å². The Morgan fingerprint density at radius 3 is 2.86 bits per heavy atom. The summed E-state index contributed by atoms with van der Waals surface area (Å²) in [6, 6.07) is 4.63. The van der Waals surface area contributed by atoms with Gasteiger partial charge in [0.05, 0.1) is 4.92 Å². The van der Waals surface area contributed by atoms with Gasteiger partial charge in [0, 0.05) is 11.5 Å². The van der Waals surface area contributed by atoms with Crippen molar-refractivity contribution in [3.63, 3.8) is 0 Å². The van der Waals surface area contributed by atoms with Crippen LogP contribution < -0.4 is 0 Å². The highest BCUT2D eigenvalue weighted by atomic mass is 79.9. The summed E-state index contributed by atoms with van der Waals surface area (Å²) in [6.07, 6.45) is 0. The summed E-state index contributed by atoms with van der Waals surface area (Å²) in [5, 5.41) is 20.7. The van der Waals surface area contributed by atoms with Crippen LogP contribution in [0.1, 0.15) is 0 Å². The second kappa shape index (κ2) is 3.21. The van der Waals surface area contributed by atoms with Crippen molar-refractivity contribution in [2.24, 2.45) is 0 Å². The van der Waals surface area contributed by atoms with Gasteiger partial charge in [0.1, 0.15) is 14.2 Å². The summed E-state index contributed by atoms with van der Waals surface area (Å²) in [6.45, 7) is 0. The van der Waals surface area contributed by atoms with Crippen LogP contribution in [0.3, 0.4) is 0 Å². The van der Waals surface area contributed by atoms with Crippen LogP contribution in [0.4, 0.5) is 5.69 Å². The minimum atomic E-state index is -0.454. The number of aromatic hydroxyl groups is 1. The molecule has 0 amide bonds. The first kappa shape index (κ1) is 9.42. The molecular weight excluding hydrogens is 270 g/mol. The number of nitro benzene ring substituents is 1. The summed E-state index contributed by atoms with van der Waals surface area (Å²) in [5.41, 5.74) is 0.0218. The third-order valence-corrected chi connectivity index (χ3v) is 3.69. The van der Waals surface area contributed by atoms with Crippen LogP contribution in [-0.4, -0.2) is 10.0 Å². The number of nitrogens with zero attached hydrogens (tertiary/aromatic N) is 1. The Morgan fingerprint density at radius 1 is 1.50 bits per heavy atom. The van der Waals surface area contributed by atoms with Gasteiger partial charge in [-0.2, -0.15) is 0 Å². The number of nitro groups is 1. The van der Waals surface area contributed by atoms with Crippen molar-refractivity contribution in [1.29, 1.82) is 0 Å². The maximum atomic E-state index is 10.7. The SMILES string of the molecule is O=[N+]([O-])c1cccc2c(O)c(Br)sc12. The van der Waals surface area contributed by atoms with E-state index in [4.69, 9.17) is 0 Å². The van der Waals surface area contributed by atoms with E-state index < -0.39 is 4.92 Å². The van der Waals surface area contributed by atoms with E-state index in [9.17, 15) is 15.2 Å². The molecule has 14 heavy (non-hydrogen) atoms. The Bertz CT molecular complexity index is 523. The third-order valence-electron chi connectivity index (χ3n) is 1.82. The van der Waals surface area contributed by atoms with E-state index in [-0.39, 0.29) is 11.4 Å². The molecule has 1 N–H and O–H groups in total. The maximum Gasteiger partial charge on any atom is 0.287 e. The van der Waals surface area contributed by atoms with Crippen LogP contribution in [0.15, 0.2) is 22.0 Å². The lowest BCUT2D eigenvalue weighted by atomic mass is 10.2. The van der Waals surface area contributed by atoms with E-state index in [2.05, 4.69) is 15.9 Å². The topological polar surface area (TPSA) is 63.4 Å². The van der Waals surface area contributed by atoms with E-state index in [0.29, 0.717) is 13.9 Å². The number of hydrogen-bond donors (Lipinski definition) is 1. The lowest BCUT2D eigenvalue weighted by Gasteiger charge is -1.92. The molecule has 1 heterocycles. The molecule has 1 aromatic carbocycles. The molecule has 0 aliphatic heterocycles. The van der Waals surface area contributed by atoms with E-state index in [1.807, 2.05) is 0 Å². The molecule has 72 valence electrons. The highest BCUT2D eigenvalue weighted by molar-refractivity contribution is 9.11. The van der Waals surface area contributed by atoms with Crippen LogP contribution >= 0.6 is 27.3 Å². The molecule has 0 bridgehead atoms. The van der Waals surface area contributed by atoms with E-state index >= 15 is 0 Å². The molecule has 2 rings (SSSR count). The Kier molecular flexibility index (Phi) is 2.16. The molecule has 4 nitrogen and oxygen atoms in total. The number of benzene rings is 1. The number of hydrogen-bond acceptors (Lipinski definition) is 4. The fraction of sp³-hybridized carbons (Fsp3) is 0. The molecule has 0 fully saturated rings. The van der Waals surface area contributed by atoms with Gasteiger partial charge in [-0.05, 0) is 22.0 Å². The maximum absolute atomic E-state index is 10.7. The normalized spacial score (nSPS) is 10.6. The van der Waals surface area contributed by atoms with Gasteiger partial charge in [-0.15, -0.1) is 11.3 Å². The second-order valence-electron chi connectivity index (χ2n) is 2.64. The summed E-state index contributed by atoms with van der Waals surface area (Å²) in [4.78, 5) is 10.2. The van der Waals surface area contributed by atoms with Gasteiger partial charge >= 0.3 is 0 Å².